The SMILES string of the molecule is NNc1cccc(CSc2ccc(Cl)c(Cl)c2)n1. The Bertz CT molecular complexity index is 549. The van der Waals surface area contributed by atoms with Crippen molar-refractivity contribution in [2.45, 2.75) is 10.6 Å². The maximum Gasteiger partial charge on any atom is 0.140 e. The van der Waals surface area contributed by atoms with Gasteiger partial charge in [-0.05, 0) is 30.3 Å². The van der Waals surface area contributed by atoms with Crippen molar-refractivity contribution in [1.29, 1.82) is 0 Å². The first-order valence-electron chi connectivity index (χ1n) is 5.19. The molecule has 1 aromatic heterocycles. The van der Waals surface area contributed by atoms with Crippen molar-refractivity contribution >= 4 is 40.8 Å². The number of nitrogens with one attached hydrogen (secondary N) is 1. The summed E-state index contributed by atoms with van der Waals surface area (Å²) in [6, 6.07) is 11.2. The number of rotatable bonds is 4. The minimum absolute atomic E-state index is 0.562. The maximum atomic E-state index is 5.96. The van der Waals surface area contributed by atoms with Gasteiger partial charge in [0.2, 0.25) is 0 Å². The van der Waals surface area contributed by atoms with E-state index in [0.29, 0.717) is 15.9 Å². The number of nitrogens with two attached hydrogens (primary N) is 1. The number of nitrogens with zero attached hydrogens (tertiary/aromatic N) is 1. The van der Waals surface area contributed by atoms with Crippen molar-refractivity contribution in [1.82, 2.24) is 4.98 Å². The third-order valence-corrected chi connectivity index (χ3v) is 4.00. The van der Waals surface area contributed by atoms with E-state index in [2.05, 4.69) is 10.4 Å². The molecule has 0 saturated heterocycles. The zero-order chi connectivity index (χ0) is 13.0. The van der Waals surface area contributed by atoms with Crippen molar-refractivity contribution in [3.8, 4) is 0 Å². The lowest BCUT2D eigenvalue weighted by atomic mass is 10.4. The molecule has 0 saturated carbocycles. The summed E-state index contributed by atoms with van der Waals surface area (Å²) in [5.74, 6) is 6.71. The summed E-state index contributed by atoms with van der Waals surface area (Å²) < 4.78 is 0. The van der Waals surface area contributed by atoms with Gasteiger partial charge in [0.05, 0.1) is 15.7 Å². The van der Waals surface area contributed by atoms with Gasteiger partial charge in [-0.15, -0.1) is 11.8 Å². The number of aromatic nitrogens is 1. The fourth-order valence-corrected chi connectivity index (χ4v) is 2.57. The average molecular weight is 300 g/mol. The van der Waals surface area contributed by atoms with Crippen molar-refractivity contribution < 1.29 is 0 Å². The Hall–Kier alpha value is -0.940. The summed E-state index contributed by atoms with van der Waals surface area (Å²) in [5.41, 5.74) is 3.47. The van der Waals surface area contributed by atoms with E-state index in [1.54, 1.807) is 17.8 Å². The molecule has 0 radical (unpaired) electrons. The van der Waals surface area contributed by atoms with Crippen LogP contribution in [0.4, 0.5) is 5.82 Å². The van der Waals surface area contributed by atoms with Crippen LogP contribution in [-0.4, -0.2) is 4.98 Å². The summed E-state index contributed by atoms with van der Waals surface area (Å²) in [7, 11) is 0. The van der Waals surface area contributed by atoms with Crippen LogP contribution in [0.1, 0.15) is 5.69 Å². The van der Waals surface area contributed by atoms with Gasteiger partial charge in [-0.1, -0.05) is 29.3 Å². The molecule has 0 aliphatic carbocycles. The van der Waals surface area contributed by atoms with Crippen LogP contribution in [0.15, 0.2) is 41.3 Å². The highest BCUT2D eigenvalue weighted by Gasteiger charge is 2.02. The molecule has 0 fully saturated rings. The van der Waals surface area contributed by atoms with Crippen molar-refractivity contribution in [3.05, 3.63) is 52.1 Å². The van der Waals surface area contributed by atoms with Crippen LogP contribution in [0.3, 0.4) is 0 Å². The van der Waals surface area contributed by atoms with Crippen molar-refractivity contribution in [2.24, 2.45) is 5.84 Å². The number of thioether (sulfide) groups is 1. The number of pyridine rings is 1. The second-order valence-electron chi connectivity index (χ2n) is 3.52. The van der Waals surface area contributed by atoms with Crippen molar-refractivity contribution in [2.75, 3.05) is 5.43 Å². The maximum absolute atomic E-state index is 5.96. The third-order valence-electron chi connectivity index (χ3n) is 2.23. The van der Waals surface area contributed by atoms with Gasteiger partial charge in [0.25, 0.3) is 0 Å². The normalized spacial score (nSPS) is 10.4. The standard InChI is InChI=1S/C12H11Cl2N3S/c13-10-5-4-9(6-11(10)14)18-7-8-2-1-3-12(16-8)17-15/h1-6H,7,15H2,(H,16,17). The van der Waals surface area contributed by atoms with Gasteiger partial charge in [-0.3, -0.25) is 0 Å². The van der Waals surface area contributed by atoms with Crippen LogP contribution in [0.5, 0.6) is 0 Å². The molecule has 0 atom stereocenters. The average Bonchev–Trinajstić information content (AvgIpc) is 2.40. The largest absolute Gasteiger partial charge is 0.308 e. The van der Waals surface area contributed by atoms with Gasteiger partial charge in [0.15, 0.2) is 0 Å². The Kier molecular flexibility index (Phi) is 4.72. The van der Waals surface area contributed by atoms with E-state index in [4.69, 9.17) is 29.0 Å². The molecule has 0 spiro atoms. The second-order valence-corrected chi connectivity index (χ2v) is 5.39. The van der Waals surface area contributed by atoms with Gasteiger partial charge in [0.1, 0.15) is 5.82 Å². The molecule has 2 aromatic rings. The van der Waals surface area contributed by atoms with Crippen molar-refractivity contribution in [3.63, 3.8) is 0 Å². The molecule has 2 rings (SSSR count). The van der Waals surface area contributed by atoms with Crippen LogP contribution in [0.2, 0.25) is 10.0 Å². The molecule has 18 heavy (non-hydrogen) atoms. The molecule has 94 valence electrons. The number of hydrogen-bond donors (Lipinski definition) is 2. The fourth-order valence-electron chi connectivity index (χ4n) is 1.36. The zero-order valence-electron chi connectivity index (χ0n) is 9.36. The van der Waals surface area contributed by atoms with E-state index >= 15 is 0 Å². The monoisotopic (exact) mass is 299 g/mol. The Labute approximate surface area is 120 Å². The van der Waals surface area contributed by atoms with Crippen LogP contribution < -0.4 is 11.3 Å². The van der Waals surface area contributed by atoms with Gasteiger partial charge < -0.3 is 5.43 Å². The van der Waals surface area contributed by atoms with E-state index in [9.17, 15) is 0 Å². The summed E-state index contributed by atoms with van der Waals surface area (Å²) >= 11 is 13.5. The lowest BCUT2D eigenvalue weighted by Gasteiger charge is -2.05. The van der Waals surface area contributed by atoms with Gasteiger partial charge in [0, 0.05) is 10.6 Å². The molecule has 0 amide bonds. The Morgan fingerprint density at radius 3 is 2.72 bits per heavy atom. The molecule has 0 unspecified atom stereocenters. The molecular weight excluding hydrogens is 289 g/mol. The van der Waals surface area contributed by atoms with Crippen LogP contribution in [0, 0.1) is 0 Å². The first-order valence-corrected chi connectivity index (χ1v) is 6.93. The number of anilines is 1. The number of hydrazine groups is 1. The molecule has 0 bridgehead atoms. The predicted octanol–water partition coefficient (Wildman–Crippen LogP) is 3.97. The summed E-state index contributed by atoms with van der Waals surface area (Å²) in [6.07, 6.45) is 0. The lowest BCUT2D eigenvalue weighted by molar-refractivity contribution is 1.14. The minimum Gasteiger partial charge on any atom is -0.308 e. The molecule has 1 heterocycles. The van der Waals surface area contributed by atoms with Crippen LogP contribution >= 0.6 is 35.0 Å². The van der Waals surface area contributed by atoms with Gasteiger partial charge in [-0.2, -0.15) is 0 Å². The molecule has 6 heteroatoms. The highest BCUT2D eigenvalue weighted by molar-refractivity contribution is 7.98. The van der Waals surface area contributed by atoms with E-state index in [1.807, 2.05) is 30.3 Å². The second kappa shape index (κ2) is 6.29. The van der Waals surface area contributed by atoms with Crippen LogP contribution in [0.25, 0.3) is 0 Å². The molecule has 3 N–H and O–H groups in total. The fraction of sp³-hybridized carbons (Fsp3) is 0.0833. The highest BCUT2D eigenvalue weighted by atomic mass is 35.5. The minimum atomic E-state index is 0.562. The summed E-state index contributed by atoms with van der Waals surface area (Å²) in [4.78, 5) is 5.38. The van der Waals surface area contributed by atoms with E-state index < -0.39 is 0 Å². The predicted molar refractivity (Wildman–Crippen MR) is 78.1 cm³/mol. The topological polar surface area (TPSA) is 50.9 Å². The number of benzene rings is 1. The Morgan fingerprint density at radius 2 is 2.00 bits per heavy atom. The van der Waals surface area contributed by atoms with Gasteiger partial charge in [-0.25, -0.2) is 10.8 Å². The molecule has 3 nitrogen and oxygen atoms in total. The quantitative estimate of drug-likeness (QED) is 0.510. The highest BCUT2D eigenvalue weighted by Crippen LogP contribution is 2.29. The first-order chi connectivity index (χ1) is 8.69. The van der Waals surface area contributed by atoms with E-state index in [1.165, 1.54) is 0 Å². The van der Waals surface area contributed by atoms with Crippen LogP contribution in [-0.2, 0) is 5.75 Å². The third kappa shape index (κ3) is 3.53. The number of halogens is 2. The Balaban J connectivity index is 2.04. The summed E-state index contributed by atoms with van der Waals surface area (Å²) in [6.45, 7) is 0. The lowest BCUT2D eigenvalue weighted by Crippen LogP contribution is -2.08. The molecule has 0 aliphatic heterocycles. The smallest absolute Gasteiger partial charge is 0.140 e. The number of hydrogen-bond acceptors (Lipinski definition) is 4. The first kappa shape index (κ1) is 13.5. The molecule has 0 aliphatic rings. The zero-order valence-corrected chi connectivity index (χ0v) is 11.7. The molecule has 1 aromatic carbocycles. The van der Waals surface area contributed by atoms with Gasteiger partial charge >= 0.3 is 0 Å². The Morgan fingerprint density at radius 1 is 1.17 bits per heavy atom. The number of nitrogen functional groups attached to an aromatic ring is 1. The van der Waals surface area contributed by atoms with E-state index in [0.717, 1.165) is 16.3 Å². The summed E-state index contributed by atoms with van der Waals surface area (Å²) in [5, 5.41) is 1.13. The molecular formula is C12H11Cl2N3S. The van der Waals surface area contributed by atoms with E-state index in [-0.39, 0.29) is 0 Å².